The van der Waals surface area contributed by atoms with Gasteiger partial charge in [-0.1, -0.05) is 18.2 Å². The number of hydrogen-bond donors (Lipinski definition) is 2. The summed E-state index contributed by atoms with van der Waals surface area (Å²) in [6.07, 6.45) is 2.17. The topological polar surface area (TPSA) is 86.3 Å². The number of carboxylic acid groups (broad SMARTS) is 1. The smallest absolute Gasteiger partial charge is 0.313 e. The Morgan fingerprint density at radius 3 is 2.69 bits per heavy atom. The van der Waals surface area contributed by atoms with Gasteiger partial charge in [0.05, 0.1) is 11.6 Å². The first-order valence-corrected chi connectivity index (χ1v) is 9.90. The molecule has 2 N–H and O–H groups in total. The lowest BCUT2D eigenvalue weighted by Crippen LogP contribution is -2.62. The molecule has 0 spiro atoms. The Balaban J connectivity index is 1.79. The molecule has 1 saturated heterocycles. The van der Waals surface area contributed by atoms with E-state index in [1.54, 1.807) is 13.0 Å². The summed E-state index contributed by atoms with van der Waals surface area (Å²) >= 11 is 0. The lowest BCUT2D eigenvalue weighted by Gasteiger charge is -2.40. The average molecular weight is 390 g/mol. The van der Waals surface area contributed by atoms with Crippen molar-refractivity contribution >= 4 is 22.4 Å². The van der Waals surface area contributed by atoms with E-state index in [1.807, 2.05) is 36.4 Å². The number of benzene rings is 2. The molecule has 148 valence electrons. The molecule has 0 amide bonds. The van der Waals surface area contributed by atoms with Crippen LogP contribution >= 0.6 is 0 Å². The molecule has 29 heavy (non-hydrogen) atoms. The van der Waals surface area contributed by atoms with Gasteiger partial charge in [-0.15, -0.1) is 0 Å². The third-order valence-corrected chi connectivity index (χ3v) is 5.77. The zero-order valence-electron chi connectivity index (χ0n) is 16.4. The average Bonchev–Trinajstić information content (AvgIpc) is 3.21. The molecule has 0 saturated carbocycles. The van der Waals surface area contributed by atoms with Crippen LogP contribution in [-0.4, -0.2) is 24.2 Å². The SMILES string of the molecule is CC(C(=O)O)c1ccc(C[N+]2(c3ccc(C#N)c4ccccc34)CCCCN2)o1. The molecule has 0 radical (unpaired) electrons. The van der Waals surface area contributed by atoms with E-state index < -0.39 is 11.9 Å². The second-order valence-electron chi connectivity index (χ2n) is 7.62. The van der Waals surface area contributed by atoms with Crippen molar-refractivity contribution < 1.29 is 14.3 Å². The van der Waals surface area contributed by atoms with E-state index in [-0.39, 0.29) is 0 Å². The van der Waals surface area contributed by atoms with Crippen molar-refractivity contribution in [3.05, 3.63) is 65.6 Å². The number of fused-ring (bicyclic) bond motifs is 1. The van der Waals surface area contributed by atoms with Gasteiger partial charge in [0.15, 0.2) is 18.0 Å². The molecule has 3 aromatic rings. The highest BCUT2D eigenvalue weighted by atomic mass is 16.4. The summed E-state index contributed by atoms with van der Waals surface area (Å²) in [7, 11) is 0. The maximum atomic E-state index is 11.3. The normalized spacial score (nSPS) is 20.3. The van der Waals surface area contributed by atoms with Gasteiger partial charge in [-0.3, -0.25) is 4.79 Å². The monoisotopic (exact) mass is 390 g/mol. The number of rotatable bonds is 5. The maximum absolute atomic E-state index is 11.3. The van der Waals surface area contributed by atoms with Gasteiger partial charge in [0, 0.05) is 29.8 Å². The van der Waals surface area contributed by atoms with Crippen molar-refractivity contribution in [1.82, 2.24) is 10.0 Å². The predicted molar refractivity (Wildman–Crippen MR) is 111 cm³/mol. The number of carbonyl (C=O) groups is 1. The second kappa shape index (κ2) is 7.70. The Labute approximate surface area is 169 Å². The van der Waals surface area contributed by atoms with E-state index in [1.165, 1.54) is 0 Å². The van der Waals surface area contributed by atoms with Crippen LogP contribution in [0.15, 0.2) is 52.9 Å². The van der Waals surface area contributed by atoms with Gasteiger partial charge in [0.2, 0.25) is 0 Å². The van der Waals surface area contributed by atoms with Crippen molar-refractivity contribution in [2.24, 2.45) is 0 Å². The van der Waals surface area contributed by atoms with Crippen LogP contribution in [0.4, 0.5) is 5.69 Å². The molecule has 4 rings (SSSR count). The third kappa shape index (κ3) is 3.51. The summed E-state index contributed by atoms with van der Waals surface area (Å²) in [5.41, 5.74) is 5.43. The molecule has 6 nitrogen and oxygen atoms in total. The van der Waals surface area contributed by atoms with Gasteiger partial charge in [-0.25, -0.2) is 4.59 Å². The first-order chi connectivity index (χ1) is 14.0. The predicted octanol–water partition coefficient (Wildman–Crippen LogP) is 4.30. The van der Waals surface area contributed by atoms with Gasteiger partial charge in [-0.2, -0.15) is 10.7 Å². The minimum Gasteiger partial charge on any atom is -0.481 e. The Hall–Kier alpha value is -3.14. The van der Waals surface area contributed by atoms with Crippen molar-refractivity contribution in [1.29, 1.82) is 5.26 Å². The number of nitrogens with zero attached hydrogens (tertiary/aromatic N) is 2. The van der Waals surface area contributed by atoms with Gasteiger partial charge in [-0.05, 0) is 37.6 Å². The summed E-state index contributed by atoms with van der Waals surface area (Å²) in [6, 6.07) is 17.8. The van der Waals surface area contributed by atoms with E-state index in [4.69, 9.17) is 4.42 Å². The van der Waals surface area contributed by atoms with Crippen molar-refractivity contribution in [2.45, 2.75) is 32.2 Å². The number of hydrogen-bond acceptors (Lipinski definition) is 4. The number of nitriles is 1. The molecule has 0 bridgehead atoms. The molecule has 2 heterocycles. The zero-order valence-corrected chi connectivity index (χ0v) is 16.4. The fourth-order valence-corrected chi connectivity index (χ4v) is 4.16. The van der Waals surface area contributed by atoms with Gasteiger partial charge in [0.1, 0.15) is 18.2 Å². The molecule has 2 atom stereocenters. The molecule has 2 unspecified atom stereocenters. The number of furan rings is 1. The zero-order chi connectivity index (χ0) is 20.4. The minimum atomic E-state index is -0.899. The Morgan fingerprint density at radius 2 is 2.00 bits per heavy atom. The summed E-state index contributed by atoms with van der Waals surface area (Å²) < 4.78 is 6.44. The van der Waals surface area contributed by atoms with Crippen LogP contribution in [0.25, 0.3) is 10.8 Å². The Bertz CT molecular complexity index is 1090. The fraction of sp³-hybridized carbons (Fsp3) is 0.304. The highest BCUT2D eigenvalue weighted by molar-refractivity contribution is 5.97. The number of aliphatic carboxylic acids is 1. The quantitative estimate of drug-likeness (QED) is 0.635. The maximum Gasteiger partial charge on any atom is 0.313 e. The first kappa shape index (κ1) is 19.2. The van der Waals surface area contributed by atoms with Gasteiger partial charge >= 0.3 is 5.97 Å². The van der Waals surface area contributed by atoms with E-state index >= 15 is 0 Å². The van der Waals surface area contributed by atoms with Crippen LogP contribution in [0.1, 0.15) is 42.8 Å². The Kier molecular flexibility index (Phi) is 5.10. The number of nitrogens with one attached hydrogen (secondary N) is 1. The molecular formula is C23H24N3O3+. The molecular weight excluding hydrogens is 366 g/mol. The summed E-state index contributed by atoms with van der Waals surface area (Å²) in [5, 5.41) is 20.8. The van der Waals surface area contributed by atoms with Crippen molar-refractivity contribution in [3.8, 4) is 6.07 Å². The second-order valence-corrected chi connectivity index (χ2v) is 7.62. The summed E-state index contributed by atoms with van der Waals surface area (Å²) in [4.78, 5) is 11.3. The van der Waals surface area contributed by atoms with E-state index in [0.717, 1.165) is 48.2 Å². The summed E-state index contributed by atoms with van der Waals surface area (Å²) in [5.74, 6) is -0.366. The molecule has 6 heteroatoms. The van der Waals surface area contributed by atoms with Gasteiger partial charge in [0.25, 0.3) is 0 Å². The largest absolute Gasteiger partial charge is 0.481 e. The highest BCUT2D eigenvalue weighted by Gasteiger charge is 2.36. The molecule has 2 aromatic carbocycles. The Morgan fingerprint density at radius 1 is 1.21 bits per heavy atom. The molecule has 1 fully saturated rings. The lowest BCUT2D eigenvalue weighted by molar-refractivity contribution is -0.138. The van der Waals surface area contributed by atoms with E-state index in [0.29, 0.717) is 22.5 Å². The minimum absolute atomic E-state index is 0.465. The lowest BCUT2D eigenvalue weighted by atomic mass is 10.0. The van der Waals surface area contributed by atoms with E-state index in [9.17, 15) is 15.2 Å². The van der Waals surface area contributed by atoms with Crippen LogP contribution < -0.4 is 10.0 Å². The standard InChI is InChI=1S/C23H23N3O3/c1-16(23(27)28)22-11-9-18(29-22)15-26(13-5-4-12-25-26)21-10-8-17(14-24)19-6-2-3-7-20(19)21/h2-3,6-11,16,25H,4-5,12-13,15H2,1H3/p+1. The van der Waals surface area contributed by atoms with E-state index in [2.05, 4.69) is 17.6 Å². The first-order valence-electron chi connectivity index (χ1n) is 9.90. The summed E-state index contributed by atoms with van der Waals surface area (Å²) in [6.45, 7) is 3.97. The molecule has 1 aliphatic rings. The van der Waals surface area contributed by atoms with Crippen molar-refractivity contribution in [3.63, 3.8) is 0 Å². The number of quaternary nitrogens is 1. The molecule has 1 aliphatic heterocycles. The van der Waals surface area contributed by atoms with Crippen LogP contribution in [0, 0.1) is 11.3 Å². The highest BCUT2D eigenvalue weighted by Crippen LogP contribution is 2.36. The van der Waals surface area contributed by atoms with Crippen LogP contribution in [-0.2, 0) is 11.3 Å². The van der Waals surface area contributed by atoms with Crippen LogP contribution in [0.2, 0.25) is 0 Å². The third-order valence-electron chi connectivity index (χ3n) is 5.77. The van der Waals surface area contributed by atoms with Crippen LogP contribution in [0.5, 0.6) is 0 Å². The molecule has 0 aliphatic carbocycles. The fourth-order valence-electron chi connectivity index (χ4n) is 4.16. The van der Waals surface area contributed by atoms with Gasteiger partial charge < -0.3 is 9.52 Å². The van der Waals surface area contributed by atoms with Crippen LogP contribution in [0.3, 0.4) is 0 Å². The van der Waals surface area contributed by atoms with Crippen molar-refractivity contribution in [2.75, 3.05) is 13.1 Å². The number of carboxylic acids is 1. The molecule has 1 aromatic heterocycles.